The molecular formula is C30H33N3O7. The van der Waals surface area contributed by atoms with Gasteiger partial charge in [0.05, 0.1) is 24.7 Å². The third-order valence-electron chi connectivity index (χ3n) is 7.17. The highest BCUT2D eigenvalue weighted by Gasteiger charge is 2.33. The summed E-state index contributed by atoms with van der Waals surface area (Å²) in [5, 5.41) is 23.9. The Labute approximate surface area is 232 Å². The first-order valence-electron chi connectivity index (χ1n) is 13.1. The summed E-state index contributed by atoms with van der Waals surface area (Å²) < 4.78 is 10.6. The van der Waals surface area contributed by atoms with Crippen molar-refractivity contribution in [1.82, 2.24) is 10.2 Å². The van der Waals surface area contributed by atoms with E-state index in [1.54, 1.807) is 12.1 Å². The van der Waals surface area contributed by atoms with Gasteiger partial charge in [-0.05, 0) is 60.2 Å². The molecule has 10 nitrogen and oxygen atoms in total. The van der Waals surface area contributed by atoms with Gasteiger partial charge < -0.3 is 19.9 Å². The Balaban J connectivity index is 1.46. The molecule has 3 aromatic rings. The van der Waals surface area contributed by atoms with Gasteiger partial charge in [-0.15, -0.1) is 0 Å². The third-order valence-corrected chi connectivity index (χ3v) is 7.17. The SMILES string of the molecule is COC(=O)C(CO)NC(=O)[C@@H]1CCCN1Cc1ccc(OCc2cccc(-c3ccccc3)c2C)c([N+](=O)[O-])c1. The lowest BCUT2D eigenvalue weighted by Crippen LogP contribution is -2.51. The summed E-state index contributed by atoms with van der Waals surface area (Å²) in [5.74, 6) is -0.962. The van der Waals surface area contributed by atoms with E-state index in [1.165, 1.54) is 13.2 Å². The van der Waals surface area contributed by atoms with E-state index in [1.807, 2.05) is 60.4 Å². The van der Waals surface area contributed by atoms with Crippen LogP contribution in [0, 0.1) is 17.0 Å². The molecule has 10 heteroatoms. The number of benzene rings is 3. The van der Waals surface area contributed by atoms with Gasteiger partial charge >= 0.3 is 11.7 Å². The Morgan fingerprint density at radius 2 is 1.93 bits per heavy atom. The number of rotatable bonds is 11. The Bertz CT molecular complexity index is 1360. The fourth-order valence-electron chi connectivity index (χ4n) is 4.99. The molecule has 1 saturated heterocycles. The summed E-state index contributed by atoms with van der Waals surface area (Å²) in [6.45, 7) is 2.53. The Morgan fingerprint density at radius 3 is 2.62 bits per heavy atom. The molecule has 1 fully saturated rings. The van der Waals surface area contributed by atoms with E-state index in [0.29, 0.717) is 25.1 Å². The summed E-state index contributed by atoms with van der Waals surface area (Å²) in [5.41, 5.74) is 4.64. The number of aliphatic hydroxyl groups excluding tert-OH is 1. The van der Waals surface area contributed by atoms with Gasteiger partial charge in [-0.1, -0.05) is 54.6 Å². The molecule has 0 saturated carbocycles. The van der Waals surface area contributed by atoms with Crippen LogP contribution in [0.5, 0.6) is 5.75 Å². The molecule has 1 unspecified atom stereocenters. The molecule has 40 heavy (non-hydrogen) atoms. The van der Waals surface area contributed by atoms with E-state index in [-0.39, 0.29) is 18.0 Å². The second-order valence-electron chi connectivity index (χ2n) is 9.70. The molecule has 2 atom stereocenters. The number of amides is 1. The average molecular weight is 548 g/mol. The summed E-state index contributed by atoms with van der Waals surface area (Å²) >= 11 is 0. The van der Waals surface area contributed by atoms with Gasteiger partial charge in [-0.2, -0.15) is 0 Å². The molecule has 0 spiro atoms. The monoisotopic (exact) mass is 547 g/mol. The van der Waals surface area contributed by atoms with Gasteiger partial charge in [0.2, 0.25) is 5.91 Å². The molecule has 3 aromatic carbocycles. The zero-order chi connectivity index (χ0) is 28.6. The highest BCUT2D eigenvalue weighted by molar-refractivity contribution is 5.87. The van der Waals surface area contributed by atoms with Gasteiger partial charge in [-0.25, -0.2) is 4.79 Å². The average Bonchev–Trinajstić information content (AvgIpc) is 3.43. The normalized spacial score (nSPS) is 15.8. The second-order valence-corrected chi connectivity index (χ2v) is 9.70. The summed E-state index contributed by atoms with van der Waals surface area (Å²) in [4.78, 5) is 37.9. The number of nitrogens with one attached hydrogen (secondary N) is 1. The molecule has 4 rings (SSSR count). The quantitative estimate of drug-likeness (QED) is 0.211. The lowest BCUT2D eigenvalue weighted by Gasteiger charge is -2.25. The van der Waals surface area contributed by atoms with Crippen LogP contribution in [-0.2, 0) is 27.5 Å². The first kappa shape index (κ1) is 28.7. The molecule has 1 heterocycles. The van der Waals surface area contributed by atoms with Crippen LogP contribution in [0.25, 0.3) is 11.1 Å². The first-order valence-corrected chi connectivity index (χ1v) is 13.1. The molecule has 0 aliphatic carbocycles. The number of likely N-dealkylation sites (tertiary alicyclic amines) is 1. The van der Waals surface area contributed by atoms with E-state index in [9.17, 15) is 24.8 Å². The van der Waals surface area contributed by atoms with Crippen molar-refractivity contribution < 1.29 is 29.1 Å². The molecule has 0 radical (unpaired) electrons. The van der Waals surface area contributed by atoms with Gasteiger partial charge in [0.25, 0.3) is 0 Å². The molecule has 210 valence electrons. The smallest absolute Gasteiger partial charge is 0.330 e. The molecule has 0 aromatic heterocycles. The van der Waals surface area contributed by atoms with Crippen LogP contribution in [0.4, 0.5) is 5.69 Å². The Hall–Kier alpha value is -4.28. The minimum Gasteiger partial charge on any atom is -0.482 e. The number of esters is 1. The highest BCUT2D eigenvalue weighted by Crippen LogP contribution is 2.32. The van der Waals surface area contributed by atoms with Crippen molar-refractivity contribution in [3.05, 3.63) is 93.5 Å². The molecule has 1 amide bonds. The summed E-state index contributed by atoms with van der Waals surface area (Å²) in [7, 11) is 1.18. The number of methoxy groups -OCH3 is 1. The second kappa shape index (κ2) is 13.2. The van der Waals surface area contributed by atoms with Crippen LogP contribution in [0.3, 0.4) is 0 Å². The first-order chi connectivity index (χ1) is 19.3. The molecular weight excluding hydrogens is 514 g/mol. The van der Waals surface area contributed by atoms with Crippen molar-refractivity contribution >= 4 is 17.6 Å². The number of hydrogen-bond acceptors (Lipinski definition) is 8. The number of carbonyl (C=O) groups excluding carboxylic acids is 2. The van der Waals surface area contributed by atoms with Crippen LogP contribution < -0.4 is 10.1 Å². The fraction of sp³-hybridized carbons (Fsp3) is 0.333. The zero-order valence-corrected chi connectivity index (χ0v) is 22.5. The van der Waals surface area contributed by atoms with E-state index in [4.69, 9.17) is 4.74 Å². The number of nitro benzene ring substituents is 1. The predicted molar refractivity (Wildman–Crippen MR) is 149 cm³/mol. The van der Waals surface area contributed by atoms with Crippen molar-refractivity contribution in [1.29, 1.82) is 0 Å². The van der Waals surface area contributed by atoms with E-state index in [0.717, 1.165) is 28.7 Å². The third kappa shape index (κ3) is 6.64. The standard InChI is InChI=1S/C30H33N3O7/c1-20-23(10-6-11-24(20)22-8-4-3-5-9-22)19-40-28-14-13-21(16-27(28)33(37)38)17-32-15-7-12-26(32)29(35)31-25(18-34)30(36)39-2/h3-6,8-11,13-14,16,25-26,34H,7,12,15,17-19H2,1-2H3,(H,31,35)/t25?,26-/m0/s1. The van der Waals surface area contributed by atoms with Crippen LogP contribution in [-0.4, -0.2) is 59.2 Å². The van der Waals surface area contributed by atoms with Crippen molar-refractivity contribution in [3.8, 4) is 16.9 Å². The number of ether oxygens (including phenoxy) is 2. The predicted octanol–water partition coefficient (Wildman–Crippen LogP) is 3.76. The number of hydrogen-bond donors (Lipinski definition) is 2. The van der Waals surface area contributed by atoms with Crippen molar-refractivity contribution in [3.63, 3.8) is 0 Å². The van der Waals surface area contributed by atoms with Crippen LogP contribution >= 0.6 is 0 Å². The van der Waals surface area contributed by atoms with Crippen molar-refractivity contribution in [2.24, 2.45) is 0 Å². The van der Waals surface area contributed by atoms with E-state index in [2.05, 4.69) is 10.1 Å². The number of aliphatic hydroxyl groups is 1. The van der Waals surface area contributed by atoms with Gasteiger partial charge in [0, 0.05) is 12.6 Å². The van der Waals surface area contributed by atoms with Crippen LogP contribution in [0.2, 0.25) is 0 Å². The van der Waals surface area contributed by atoms with Crippen LogP contribution in [0.15, 0.2) is 66.7 Å². The fourth-order valence-corrected chi connectivity index (χ4v) is 4.99. The molecule has 1 aliphatic heterocycles. The Kier molecular flexibility index (Phi) is 9.47. The largest absolute Gasteiger partial charge is 0.482 e. The molecule has 1 aliphatic rings. The van der Waals surface area contributed by atoms with Crippen molar-refractivity contribution in [2.75, 3.05) is 20.3 Å². The topological polar surface area (TPSA) is 131 Å². The van der Waals surface area contributed by atoms with Crippen LogP contribution in [0.1, 0.15) is 29.5 Å². The van der Waals surface area contributed by atoms with Gasteiger partial charge in [-0.3, -0.25) is 19.8 Å². The van der Waals surface area contributed by atoms with E-state index >= 15 is 0 Å². The van der Waals surface area contributed by atoms with E-state index < -0.39 is 35.5 Å². The minimum atomic E-state index is -1.14. The lowest BCUT2D eigenvalue weighted by molar-refractivity contribution is -0.386. The van der Waals surface area contributed by atoms with Gasteiger partial charge in [0.15, 0.2) is 11.8 Å². The zero-order valence-electron chi connectivity index (χ0n) is 22.5. The van der Waals surface area contributed by atoms with Crippen molar-refractivity contribution in [2.45, 2.75) is 45.0 Å². The summed E-state index contributed by atoms with van der Waals surface area (Å²) in [6, 6.07) is 19.1. The number of nitrogens with zero attached hydrogens (tertiary/aromatic N) is 2. The van der Waals surface area contributed by atoms with Gasteiger partial charge in [0.1, 0.15) is 6.61 Å². The maximum Gasteiger partial charge on any atom is 0.330 e. The molecule has 0 bridgehead atoms. The maximum atomic E-state index is 12.8. The minimum absolute atomic E-state index is 0.152. The highest BCUT2D eigenvalue weighted by atomic mass is 16.6. The maximum absolute atomic E-state index is 12.8. The number of nitro groups is 1. The lowest BCUT2D eigenvalue weighted by atomic mass is 9.97. The Morgan fingerprint density at radius 1 is 1.15 bits per heavy atom. The summed E-state index contributed by atoms with van der Waals surface area (Å²) in [6.07, 6.45) is 1.32. The molecule has 2 N–H and O–H groups in total. The number of carbonyl (C=O) groups is 2.